The molecule has 124 valence electrons. The van der Waals surface area contributed by atoms with E-state index in [1.54, 1.807) is 0 Å². The smallest absolute Gasteiger partial charge is 0.242 e. The van der Waals surface area contributed by atoms with Crippen molar-refractivity contribution in [2.24, 2.45) is 0 Å². The van der Waals surface area contributed by atoms with Gasteiger partial charge in [-0.05, 0) is 61.4 Å². The molecule has 4 rings (SSSR count). The minimum Gasteiger partial charge on any atom is -0.325 e. The second kappa shape index (κ2) is 6.38. The van der Waals surface area contributed by atoms with Gasteiger partial charge < -0.3 is 5.32 Å². The summed E-state index contributed by atoms with van der Waals surface area (Å²) in [6, 6.07) is 14.7. The number of anilines is 1. The predicted molar refractivity (Wildman–Crippen MR) is 95.7 cm³/mol. The Labute approximate surface area is 142 Å². The van der Waals surface area contributed by atoms with Gasteiger partial charge in [0, 0.05) is 11.7 Å². The van der Waals surface area contributed by atoms with E-state index in [1.807, 2.05) is 6.07 Å². The zero-order valence-electron chi connectivity index (χ0n) is 13.9. The Morgan fingerprint density at radius 3 is 2.67 bits per heavy atom. The fourth-order valence-corrected chi connectivity index (χ4v) is 3.62. The summed E-state index contributed by atoms with van der Waals surface area (Å²) in [4.78, 5) is 12.5. The van der Waals surface area contributed by atoms with Crippen molar-refractivity contribution in [2.75, 3.05) is 5.32 Å². The van der Waals surface area contributed by atoms with Crippen LogP contribution in [0.25, 0.3) is 0 Å². The summed E-state index contributed by atoms with van der Waals surface area (Å²) in [5.74, 6) is 0.0232. The monoisotopic (exact) mass is 321 g/mol. The van der Waals surface area contributed by atoms with Gasteiger partial charge in [0.1, 0.15) is 6.04 Å². The Kier molecular flexibility index (Phi) is 4.08. The number of fused-ring (bicyclic) bond motifs is 1. The van der Waals surface area contributed by atoms with E-state index in [1.165, 1.54) is 28.7 Å². The highest BCUT2D eigenvalue weighted by atomic mass is 16.2. The molecule has 2 aromatic carbocycles. The Morgan fingerprint density at radius 2 is 1.83 bits per heavy atom. The van der Waals surface area contributed by atoms with Crippen molar-refractivity contribution in [1.29, 1.82) is 0 Å². The van der Waals surface area contributed by atoms with Gasteiger partial charge >= 0.3 is 0 Å². The molecular formula is C20H23N3O. The summed E-state index contributed by atoms with van der Waals surface area (Å²) in [6.07, 6.45) is 4.26. The first-order valence-corrected chi connectivity index (χ1v) is 8.69. The molecule has 0 saturated carbocycles. The number of amides is 1. The number of carbonyl (C=O) groups excluding carboxylic acids is 1. The van der Waals surface area contributed by atoms with Gasteiger partial charge in [-0.15, -0.1) is 0 Å². The van der Waals surface area contributed by atoms with E-state index in [0.29, 0.717) is 0 Å². The fourth-order valence-electron chi connectivity index (χ4n) is 3.62. The molecule has 3 N–H and O–H groups in total. The number of benzene rings is 2. The number of hydrazine groups is 1. The van der Waals surface area contributed by atoms with Crippen molar-refractivity contribution >= 4 is 11.6 Å². The van der Waals surface area contributed by atoms with Crippen molar-refractivity contribution in [2.45, 2.75) is 44.7 Å². The van der Waals surface area contributed by atoms with Crippen LogP contribution in [0.4, 0.5) is 5.69 Å². The summed E-state index contributed by atoms with van der Waals surface area (Å²) in [5, 5.41) is 3.05. The van der Waals surface area contributed by atoms with E-state index in [4.69, 9.17) is 0 Å². The van der Waals surface area contributed by atoms with E-state index >= 15 is 0 Å². The molecule has 2 aliphatic rings. The maximum absolute atomic E-state index is 12.5. The molecular weight excluding hydrogens is 298 g/mol. The summed E-state index contributed by atoms with van der Waals surface area (Å²) in [7, 11) is 0. The predicted octanol–water partition coefficient (Wildman–Crippen LogP) is 3.03. The summed E-state index contributed by atoms with van der Waals surface area (Å²) >= 11 is 0. The zero-order valence-corrected chi connectivity index (χ0v) is 13.9. The third kappa shape index (κ3) is 3.07. The lowest BCUT2D eigenvalue weighted by molar-refractivity contribution is -0.117. The lowest BCUT2D eigenvalue weighted by Gasteiger charge is -2.12. The molecule has 1 aliphatic carbocycles. The van der Waals surface area contributed by atoms with Crippen molar-refractivity contribution in [1.82, 2.24) is 10.9 Å². The van der Waals surface area contributed by atoms with Gasteiger partial charge in [-0.3, -0.25) is 4.79 Å². The molecule has 1 aliphatic heterocycles. The highest BCUT2D eigenvalue weighted by Crippen LogP contribution is 2.26. The molecule has 24 heavy (non-hydrogen) atoms. The van der Waals surface area contributed by atoms with Crippen LogP contribution in [-0.2, 0) is 17.6 Å². The van der Waals surface area contributed by atoms with Crippen LogP contribution in [0.2, 0.25) is 0 Å². The highest BCUT2D eigenvalue weighted by molar-refractivity contribution is 5.95. The van der Waals surface area contributed by atoms with Gasteiger partial charge in [0.25, 0.3) is 0 Å². The molecule has 1 heterocycles. The quantitative estimate of drug-likeness (QED) is 0.814. The van der Waals surface area contributed by atoms with E-state index in [0.717, 1.165) is 24.9 Å². The molecule has 1 saturated heterocycles. The van der Waals surface area contributed by atoms with E-state index in [9.17, 15) is 4.79 Å². The summed E-state index contributed by atoms with van der Waals surface area (Å²) in [6.45, 7) is 2.08. The van der Waals surface area contributed by atoms with Gasteiger partial charge in [0.2, 0.25) is 5.91 Å². The molecule has 1 amide bonds. The van der Waals surface area contributed by atoms with E-state index < -0.39 is 0 Å². The Hall–Kier alpha value is -2.17. The number of nitrogens with one attached hydrogen (secondary N) is 3. The summed E-state index contributed by atoms with van der Waals surface area (Å²) < 4.78 is 0. The molecule has 0 radical (unpaired) electrons. The van der Waals surface area contributed by atoms with Gasteiger partial charge in [-0.25, -0.2) is 10.9 Å². The number of hydrogen-bond donors (Lipinski definition) is 3. The van der Waals surface area contributed by atoms with Crippen LogP contribution in [0.3, 0.4) is 0 Å². The largest absolute Gasteiger partial charge is 0.325 e. The zero-order chi connectivity index (χ0) is 16.5. The first kappa shape index (κ1) is 15.4. The molecule has 2 aromatic rings. The second-order valence-electron chi connectivity index (χ2n) is 6.87. The van der Waals surface area contributed by atoms with Crippen LogP contribution in [0.1, 0.15) is 41.1 Å². The molecule has 0 spiro atoms. The van der Waals surface area contributed by atoms with Crippen LogP contribution in [0.15, 0.2) is 42.5 Å². The Bertz CT molecular complexity index is 754. The number of hydrogen-bond acceptors (Lipinski definition) is 3. The minimum absolute atomic E-state index is 0.0232. The van der Waals surface area contributed by atoms with Crippen molar-refractivity contribution in [3.8, 4) is 0 Å². The average molecular weight is 321 g/mol. The van der Waals surface area contributed by atoms with Crippen molar-refractivity contribution in [3.05, 3.63) is 64.7 Å². The standard InChI is InChI=1S/C20H23N3O/c1-13-5-7-15(8-6-13)18-12-19(23-22-18)20(24)21-17-10-9-14-3-2-4-16(14)11-17/h5-11,18-19,22-23H,2-4,12H2,1H3,(H,21,24). The van der Waals surface area contributed by atoms with Gasteiger partial charge in [0.05, 0.1) is 0 Å². The van der Waals surface area contributed by atoms with Crippen molar-refractivity contribution in [3.63, 3.8) is 0 Å². The second-order valence-corrected chi connectivity index (χ2v) is 6.87. The van der Waals surface area contributed by atoms with Crippen LogP contribution in [0.5, 0.6) is 0 Å². The minimum atomic E-state index is -0.218. The third-order valence-electron chi connectivity index (χ3n) is 5.07. The van der Waals surface area contributed by atoms with Gasteiger partial charge in [-0.1, -0.05) is 35.9 Å². The van der Waals surface area contributed by atoms with Crippen molar-refractivity contribution < 1.29 is 4.79 Å². The molecule has 0 bridgehead atoms. The molecule has 2 atom stereocenters. The highest BCUT2D eigenvalue weighted by Gasteiger charge is 2.30. The first-order chi connectivity index (χ1) is 11.7. The number of aryl methyl sites for hydroxylation is 3. The lowest BCUT2D eigenvalue weighted by atomic mass is 10.0. The van der Waals surface area contributed by atoms with E-state index in [2.05, 4.69) is 59.5 Å². The van der Waals surface area contributed by atoms with E-state index in [-0.39, 0.29) is 18.0 Å². The molecule has 4 heteroatoms. The Morgan fingerprint density at radius 1 is 1.04 bits per heavy atom. The van der Waals surface area contributed by atoms with Crippen LogP contribution >= 0.6 is 0 Å². The SMILES string of the molecule is Cc1ccc(C2CC(C(=O)Nc3ccc4c(c3)CCC4)NN2)cc1. The maximum Gasteiger partial charge on any atom is 0.242 e. The third-order valence-corrected chi connectivity index (χ3v) is 5.07. The molecule has 4 nitrogen and oxygen atoms in total. The van der Waals surface area contributed by atoms with Crippen LogP contribution in [0, 0.1) is 6.92 Å². The number of carbonyl (C=O) groups is 1. The normalized spacial score (nSPS) is 22.4. The molecule has 1 fully saturated rings. The van der Waals surface area contributed by atoms with Gasteiger partial charge in [-0.2, -0.15) is 0 Å². The van der Waals surface area contributed by atoms with Crippen LogP contribution in [-0.4, -0.2) is 11.9 Å². The molecule has 2 unspecified atom stereocenters. The van der Waals surface area contributed by atoms with Crippen LogP contribution < -0.4 is 16.2 Å². The summed E-state index contributed by atoms with van der Waals surface area (Å²) in [5.41, 5.74) is 12.5. The average Bonchev–Trinajstić information content (AvgIpc) is 3.24. The Balaban J connectivity index is 1.39. The van der Waals surface area contributed by atoms with Gasteiger partial charge in [0.15, 0.2) is 0 Å². The number of rotatable bonds is 3. The molecule has 0 aromatic heterocycles. The lowest BCUT2D eigenvalue weighted by Crippen LogP contribution is -2.39. The first-order valence-electron chi connectivity index (χ1n) is 8.69. The maximum atomic E-state index is 12.5. The topological polar surface area (TPSA) is 53.2 Å². The fraction of sp³-hybridized carbons (Fsp3) is 0.350.